The summed E-state index contributed by atoms with van der Waals surface area (Å²) in [5.74, 6) is 2.15. The second-order valence-electron chi connectivity index (χ2n) is 7.57. The van der Waals surface area contributed by atoms with Crippen LogP contribution in [-0.4, -0.2) is 50.1 Å². The van der Waals surface area contributed by atoms with Crippen molar-refractivity contribution in [1.82, 2.24) is 28.6 Å². The Morgan fingerprint density at radius 2 is 1.85 bits per heavy atom. The maximum atomic E-state index is 12.8. The van der Waals surface area contributed by atoms with Crippen LogP contribution in [0, 0.1) is 5.41 Å². The van der Waals surface area contributed by atoms with E-state index in [1.807, 2.05) is 0 Å². The zero-order valence-corrected chi connectivity index (χ0v) is 16.2. The summed E-state index contributed by atoms with van der Waals surface area (Å²) in [6.45, 7) is 4.19. The van der Waals surface area contributed by atoms with Gasteiger partial charge in [0.05, 0.1) is 6.33 Å². The number of piperidine rings is 1. The molecule has 0 atom stereocenters. The molecular weight excluding hydrogens is 352 g/mol. The van der Waals surface area contributed by atoms with Crippen molar-refractivity contribution in [2.45, 2.75) is 57.0 Å². The third-order valence-electron chi connectivity index (χ3n) is 6.03. The molecule has 4 heterocycles. The summed E-state index contributed by atoms with van der Waals surface area (Å²) >= 11 is 0. The van der Waals surface area contributed by atoms with Crippen molar-refractivity contribution in [2.24, 2.45) is 12.5 Å². The van der Waals surface area contributed by atoms with Crippen LogP contribution in [-0.2, 0) is 36.5 Å². The van der Waals surface area contributed by atoms with Gasteiger partial charge in [0.25, 0.3) is 10.0 Å². The molecule has 2 aliphatic heterocycles. The normalized spacial score (nSPS) is 20.8. The minimum absolute atomic E-state index is 0.149. The summed E-state index contributed by atoms with van der Waals surface area (Å²) in [4.78, 5) is 4.04. The van der Waals surface area contributed by atoms with E-state index in [-0.39, 0.29) is 10.4 Å². The molecule has 0 saturated carbocycles. The van der Waals surface area contributed by atoms with Gasteiger partial charge in [-0.25, -0.2) is 13.4 Å². The van der Waals surface area contributed by atoms with E-state index in [9.17, 15) is 8.42 Å². The maximum Gasteiger partial charge on any atom is 0.262 e. The number of fused-ring (bicyclic) bond motifs is 1. The number of imidazole rings is 1. The van der Waals surface area contributed by atoms with Gasteiger partial charge < -0.3 is 9.13 Å². The fourth-order valence-corrected chi connectivity index (χ4v) is 5.69. The van der Waals surface area contributed by atoms with Crippen molar-refractivity contribution in [3.8, 4) is 0 Å². The van der Waals surface area contributed by atoms with Crippen LogP contribution in [0.3, 0.4) is 0 Å². The van der Waals surface area contributed by atoms with Crippen molar-refractivity contribution in [1.29, 1.82) is 0 Å². The predicted molar refractivity (Wildman–Crippen MR) is 96.0 cm³/mol. The van der Waals surface area contributed by atoms with Gasteiger partial charge in [0, 0.05) is 45.7 Å². The van der Waals surface area contributed by atoms with Crippen molar-refractivity contribution in [2.75, 3.05) is 13.1 Å². The first-order chi connectivity index (χ1) is 12.4. The number of aryl methyl sites for hydroxylation is 3. The number of rotatable bonds is 3. The average molecular weight is 379 g/mol. The quantitative estimate of drug-likeness (QED) is 0.805. The molecule has 2 aromatic rings. The molecule has 0 N–H and O–H groups in total. The molecule has 0 aromatic carbocycles. The van der Waals surface area contributed by atoms with Gasteiger partial charge in [-0.1, -0.05) is 6.92 Å². The zero-order chi connectivity index (χ0) is 18.4. The molecule has 2 aliphatic rings. The van der Waals surface area contributed by atoms with Crippen molar-refractivity contribution < 1.29 is 8.42 Å². The Bertz CT molecular complexity index is 892. The SMILES string of the molecule is CCc1nnc2n1CCC1(CC2)CCN(S(=O)(=O)c2cn(C)cn2)CC1. The Labute approximate surface area is 154 Å². The van der Waals surface area contributed by atoms with Crippen LogP contribution in [0.1, 0.15) is 44.3 Å². The lowest BCUT2D eigenvalue weighted by Crippen LogP contribution is -2.43. The topological polar surface area (TPSA) is 85.9 Å². The Balaban J connectivity index is 1.46. The molecule has 142 valence electrons. The number of hydrogen-bond acceptors (Lipinski definition) is 5. The fraction of sp³-hybridized carbons (Fsp3) is 0.706. The van der Waals surface area contributed by atoms with Gasteiger partial charge in [0.1, 0.15) is 11.6 Å². The van der Waals surface area contributed by atoms with Crippen LogP contribution < -0.4 is 0 Å². The average Bonchev–Trinajstić information content (AvgIpc) is 3.21. The van der Waals surface area contributed by atoms with Gasteiger partial charge in [-0.15, -0.1) is 10.2 Å². The number of nitrogens with zero attached hydrogens (tertiary/aromatic N) is 6. The van der Waals surface area contributed by atoms with Gasteiger partial charge in [-0.2, -0.15) is 4.31 Å². The highest BCUT2D eigenvalue weighted by molar-refractivity contribution is 7.89. The second-order valence-corrected chi connectivity index (χ2v) is 9.45. The van der Waals surface area contributed by atoms with E-state index in [4.69, 9.17) is 0 Å². The Hall–Kier alpha value is -1.74. The Morgan fingerprint density at radius 1 is 1.12 bits per heavy atom. The fourth-order valence-electron chi connectivity index (χ4n) is 4.28. The minimum atomic E-state index is -3.49. The van der Waals surface area contributed by atoms with Gasteiger partial charge >= 0.3 is 0 Å². The third-order valence-corrected chi connectivity index (χ3v) is 7.82. The summed E-state index contributed by atoms with van der Waals surface area (Å²) in [7, 11) is -1.70. The van der Waals surface area contributed by atoms with Gasteiger partial charge in [-0.3, -0.25) is 0 Å². The van der Waals surface area contributed by atoms with E-state index in [0.29, 0.717) is 13.1 Å². The molecule has 4 rings (SSSR count). The molecule has 0 unspecified atom stereocenters. The third kappa shape index (κ3) is 2.96. The smallest absolute Gasteiger partial charge is 0.262 e. The lowest BCUT2D eigenvalue weighted by atomic mass is 9.73. The zero-order valence-electron chi connectivity index (χ0n) is 15.4. The highest BCUT2D eigenvalue weighted by Gasteiger charge is 2.40. The lowest BCUT2D eigenvalue weighted by molar-refractivity contribution is 0.129. The summed E-state index contributed by atoms with van der Waals surface area (Å²) in [5.41, 5.74) is 0.210. The molecule has 1 fully saturated rings. The standard InChI is InChI=1S/C17H26N6O2S/c1-3-14-19-20-15-4-5-17(8-11-23(14)15)6-9-22(10-7-17)26(24,25)16-12-21(2)13-18-16/h12-13H,3-11H2,1-2H3. The van der Waals surface area contributed by atoms with E-state index >= 15 is 0 Å². The highest BCUT2D eigenvalue weighted by Crippen LogP contribution is 2.42. The number of hydrogen-bond donors (Lipinski definition) is 0. The molecule has 2 aromatic heterocycles. The summed E-state index contributed by atoms with van der Waals surface area (Å²) in [5, 5.41) is 8.79. The van der Waals surface area contributed by atoms with Crippen molar-refractivity contribution >= 4 is 10.0 Å². The van der Waals surface area contributed by atoms with E-state index in [1.54, 1.807) is 22.1 Å². The number of aromatic nitrogens is 5. The minimum Gasteiger partial charge on any atom is -0.339 e. The van der Waals surface area contributed by atoms with Crippen LogP contribution in [0.15, 0.2) is 17.6 Å². The molecule has 0 aliphatic carbocycles. The molecule has 0 radical (unpaired) electrons. The summed E-state index contributed by atoms with van der Waals surface area (Å²) < 4.78 is 31.1. The van der Waals surface area contributed by atoms with Crippen LogP contribution in [0.25, 0.3) is 0 Å². The summed E-state index contributed by atoms with van der Waals surface area (Å²) in [6.07, 6.45) is 8.87. The second kappa shape index (κ2) is 6.45. The number of sulfonamides is 1. The van der Waals surface area contributed by atoms with E-state index in [2.05, 4.69) is 26.7 Å². The van der Waals surface area contributed by atoms with Crippen molar-refractivity contribution in [3.05, 3.63) is 24.2 Å². The highest BCUT2D eigenvalue weighted by atomic mass is 32.2. The first-order valence-corrected chi connectivity index (χ1v) is 10.8. The maximum absolute atomic E-state index is 12.8. The molecule has 26 heavy (non-hydrogen) atoms. The molecule has 1 spiro atoms. The molecule has 0 amide bonds. The molecular formula is C17H26N6O2S. The molecule has 8 nitrogen and oxygen atoms in total. The van der Waals surface area contributed by atoms with E-state index in [1.165, 1.54) is 6.33 Å². The first kappa shape index (κ1) is 17.7. The Kier molecular flexibility index (Phi) is 4.38. The lowest BCUT2D eigenvalue weighted by Gasteiger charge is -2.40. The van der Waals surface area contributed by atoms with Gasteiger partial charge in [-0.05, 0) is 31.1 Å². The predicted octanol–water partition coefficient (Wildman–Crippen LogP) is 1.38. The van der Waals surface area contributed by atoms with Crippen LogP contribution in [0.5, 0.6) is 0 Å². The van der Waals surface area contributed by atoms with Crippen LogP contribution in [0.4, 0.5) is 0 Å². The first-order valence-electron chi connectivity index (χ1n) is 9.33. The van der Waals surface area contributed by atoms with Gasteiger partial charge in [0.2, 0.25) is 0 Å². The summed E-state index contributed by atoms with van der Waals surface area (Å²) in [6, 6.07) is 0. The van der Waals surface area contributed by atoms with Gasteiger partial charge in [0.15, 0.2) is 5.03 Å². The largest absolute Gasteiger partial charge is 0.339 e. The molecule has 0 bridgehead atoms. The van der Waals surface area contributed by atoms with Crippen LogP contribution >= 0.6 is 0 Å². The molecule has 9 heteroatoms. The molecule has 1 saturated heterocycles. The van der Waals surface area contributed by atoms with E-state index in [0.717, 1.165) is 56.7 Å². The monoisotopic (exact) mass is 378 g/mol. The Morgan fingerprint density at radius 3 is 2.50 bits per heavy atom. The van der Waals surface area contributed by atoms with Crippen molar-refractivity contribution in [3.63, 3.8) is 0 Å². The van der Waals surface area contributed by atoms with E-state index < -0.39 is 10.0 Å². The van der Waals surface area contributed by atoms with Crippen LogP contribution in [0.2, 0.25) is 0 Å².